The molecule has 0 spiro atoms. The molecule has 2 nitrogen and oxygen atoms in total. The van der Waals surface area contributed by atoms with Crippen LogP contribution in [0.25, 0.3) is 0 Å². The zero-order valence-corrected chi connectivity index (χ0v) is 8.53. The first kappa shape index (κ1) is 11.3. The molecule has 0 aliphatic heterocycles. The number of nitrogens with zero attached hydrogens (tertiary/aromatic N) is 1. The third-order valence-electron chi connectivity index (χ3n) is 1.74. The van der Waals surface area contributed by atoms with E-state index >= 15 is 0 Å². The summed E-state index contributed by atoms with van der Waals surface area (Å²) in [5.74, 6) is 0. The Bertz CT molecular complexity index is 382. The molecule has 1 aromatic rings. The van der Waals surface area contributed by atoms with Crippen LogP contribution in [0.1, 0.15) is 27.9 Å². The number of alkyl halides is 2. The topological polar surface area (TPSA) is 30.0 Å². The van der Waals surface area contributed by atoms with Gasteiger partial charge in [0.15, 0.2) is 0 Å². The van der Waals surface area contributed by atoms with Crippen LogP contribution in [0.3, 0.4) is 0 Å². The van der Waals surface area contributed by atoms with Gasteiger partial charge in [-0.3, -0.25) is 4.79 Å². The van der Waals surface area contributed by atoms with Crippen LogP contribution in [-0.4, -0.2) is 10.2 Å². The van der Waals surface area contributed by atoms with Crippen LogP contribution in [-0.2, 0) is 0 Å². The molecule has 0 bridgehead atoms. The van der Waals surface area contributed by atoms with Crippen molar-refractivity contribution in [1.29, 1.82) is 0 Å². The summed E-state index contributed by atoms with van der Waals surface area (Å²) >= 11 is 10.7. The molecule has 1 aromatic heterocycles. The minimum absolute atomic E-state index is 0.0537. The Kier molecular flexibility index (Phi) is 3.39. The zero-order chi connectivity index (χ0) is 10.9. The first-order valence-electron chi connectivity index (χ1n) is 3.58. The van der Waals surface area contributed by atoms with Crippen molar-refractivity contribution in [3.63, 3.8) is 0 Å². The van der Waals surface area contributed by atoms with Crippen LogP contribution in [0.2, 0.25) is 5.15 Å². The average molecular weight is 240 g/mol. The SMILES string of the molecule is Cc1c(Cl)ncc(C(=O)Cl)c1C(F)F. The van der Waals surface area contributed by atoms with Crippen molar-refractivity contribution in [1.82, 2.24) is 4.98 Å². The molecule has 1 heterocycles. The molecule has 0 saturated carbocycles. The molecule has 0 saturated heterocycles. The highest BCUT2D eigenvalue weighted by atomic mass is 35.5. The molecular formula is C8H5Cl2F2NO. The molecular weight excluding hydrogens is 235 g/mol. The van der Waals surface area contributed by atoms with Crippen molar-refractivity contribution in [3.05, 3.63) is 28.0 Å². The van der Waals surface area contributed by atoms with Crippen LogP contribution in [0, 0.1) is 6.92 Å². The lowest BCUT2D eigenvalue weighted by Gasteiger charge is -2.09. The Morgan fingerprint density at radius 2 is 2.14 bits per heavy atom. The minimum Gasteiger partial charge on any atom is -0.276 e. The summed E-state index contributed by atoms with van der Waals surface area (Å²) in [6.07, 6.45) is -1.85. The summed E-state index contributed by atoms with van der Waals surface area (Å²) in [6.45, 7) is 1.36. The number of aromatic nitrogens is 1. The van der Waals surface area contributed by atoms with Crippen molar-refractivity contribution in [3.8, 4) is 0 Å². The largest absolute Gasteiger partial charge is 0.276 e. The van der Waals surface area contributed by atoms with E-state index in [1.165, 1.54) is 6.92 Å². The van der Waals surface area contributed by atoms with Crippen LogP contribution in [0.4, 0.5) is 8.78 Å². The Morgan fingerprint density at radius 3 is 2.57 bits per heavy atom. The number of carbonyl (C=O) groups is 1. The van der Waals surface area contributed by atoms with Gasteiger partial charge in [0.05, 0.1) is 5.56 Å². The van der Waals surface area contributed by atoms with Gasteiger partial charge in [-0.1, -0.05) is 11.6 Å². The summed E-state index contributed by atoms with van der Waals surface area (Å²) in [6, 6.07) is 0. The third kappa shape index (κ3) is 2.01. The molecule has 14 heavy (non-hydrogen) atoms. The summed E-state index contributed by atoms with van der Waals surface area (Å²) < 4.78 is 25.1. The van der Waals surface area contributed by atoms with E-state index in [4.69, 9.17) is 23.2 Å². The predicted octanol–water partition coefficient (Wildman–Crippen LogP) is 3.36. The van der Waals surface area contributed by atoms with E-state index in [2.05, 4.69) is 4.98 Å². The highest BCUT2D eigenvalue weighted by Crippen LogP contribution is 2.30. The molecule has 0 amide bonds. The second-order valence-corrected chi connectivity index (χ2v) is 3.28. The molecule has 0 radical (unpaired) electrons. The van der Waals surface area contributed by atoms with E-state index in [0.717, 1.165) is 6.20 Å². The van der Waals surface area contributed by atoms with Crippen molar-refractivity contribution in [2.75, 3.05) is 0 Å². The van der Waals surface area contributed by atoms with E-state index in [-0.39, 0.29) is 16.3 Å². The van der Waals surface area contributed by atoms with Gasteiger partial charge in [0.1, 0.15) is 5.15 Å². The Hall–Kier alpha value is -0.740. The minimum atomic E-state index is -2.80. The molecule has 0 aliphatic carbocycles. The highest BCUT2D eigenvalue weighted by molar-refractivity contribution is 6.67. The van der Waals surface area contributed by atoms with Gasteiger partial charge in [-0.25, -0.2) is 13.8 Å². The van der Waals surface area contributed by atoms with Gasteiger partial charge in [-0.05, 0) is 24.1 Å². The highest BCUT2D eigenvalue weighted by Gasteiger charge is 2.21. The van der Waals surface area contributed by atoms with Crippen molar-refractivity contribution >= 4 is 28.4 Å². The van der Waals surface area contributed by atoms with E-state index in [1.807, 2.05) is 0 Å². The number of hydrogen-bond donors (Lipinski definition) is 0. The van der Waals surface area contributed by atoms with E-state index in [9.17, 15) is 13.6 Å². The molecule has 0 N–H and O–H groups in total. The summed E-state index contributed by atoms with van der Waals surface area (Å²) in [4.78, 5) is 14.4. The molecule has 0 aliphatic rings. The predicted molar refractivity (Wildman–Crippen MR) is 49.1 cm³/mol. The lowest BCUT2D eigenvalue weighted by atomic mass is 10.1. The maximum absolute atomic E-state index is 12.5. The van der Waals surface area contributed by atoms with Crippen molar-refractivity contribution < 1.29 is 13.6 Å². The first-order valence-corrected chi connectivity index (χ1v) is 4.33. The molecule has 0 aromatic carbocycles. The van der Waals surface area contributed by atoms with Crippen LogP contribution in [0.5, 0.6) is 0 Å². The maximum Gasteiger partial charge on any atom is 0.265 e. The van der Waals surface area contributed by atoms with Gasteiger partial charge < -0.3 is 0 Å². The van der Waals surface area contributed by atoms with E-state index in [0.29, 0.717) is 0 Å². The van der Waals surface area contributed by atoms with Gasteiger partial charge in [-0.2, -0.15) is 0 Å². The third-order valence-corrected chi connectivity index (χ3v) is 2.33. The second-order valence-electron chi connectivity index (χ2n) is 2.58. The van der Waals surface area contributed by atoms with Gasteiger partial charge in [0, 0.05) is 11.8 Å². The van der Waals surface area contributed by atoms with Crippen molar-refractivity contribution in [2.24, 2.45) is 0 Å². The standard InChI is InChI=1S/C8H5Cl2F2NO/c1-3-5(8(11)12)4(7(10)14)2-13-6(3)9/h2,8H,1H3. The second kappa shape index (κ2) is 4.19. The zero-order valence-electron chi connectivity index (χ0n) is 7.02. The van der Waals surface area contributed by atoms with Crippen LogP contribution < -0.4 is 0 Å². The number of hydrogen-bond acceptors (Lipinski definition) is 2. The number of rotatable bonds is 2. The van der Waals surface area contributed by atoms with Crippen LogP contribution >= 0.6 is 23.2 Å². The normalized spacial score (nSPS) is 10.7. The number of halogens is 4. The Labute approximate surface area is 88.8 Å². The molecule has 6 heteroatoms. The lowest BCUT2D eigenvalue weighted by Crippen LogP contribution is -2.03. The smallest absolute Gasteiger partial charge is 0.265 e. The van der Waals surface area contributed by atoms with Gasteiger partial charge in [0.2, 0.25) is 0 Å². The van der Waals surface area contributed by atoms with Gasteiger partial charge >= 0.3 is 0 Å². The Morgan fingerprint density at radius 1 is 1.57 bits per heavy atom. The van der Waals surface area contributed by atoms with Gasteiger partial charge in [0.25, 0.3) is 11.7 Å². The van der Waals surface area contributed by atoms with E-state index in [1.54, 1.807) is 0 Å². The monoisotopic (exact) mass is 239 g/mol. The Balaban J connectivity index is 3.45. The molecule has 76 valence electrons. The maximum atomic E-state index is 12.5. The molecule has 0 unspecified atom stereocenters. The first-order chi connectivity index (χ1) is 6.45. The molecule has 1 rings (SSSR count). The fourth-order valence-electron chi connectivity index (χ4n) is 1.04. The fraction of sp³-hybridized carbons (Fsp3) is 0.250. The molecule has 0 fully saturated rings. The lowest BCUT2D eigenvalue weighted by molar-refractivity contribution is 0.106. The summed E-state index contributed by atoms with van der Waals surface area (Å²) in [5, 5.41) is -1.02. The van der Waals surface area contributed by atoms with E-state index < -0.39 is 17.2 Å². The number of pyridine rings is 1. The quantitative estimate of drug-likeness (QED) is 0.586. The van der Waals surface area contributed by atoms with Crippen LogP contribution in [0.15, 0.2) is 6.20 Å². The van der Waals surface area contributed by atoms with Gasteiger partial charge in [-0.15, -0.1) is 0 Å². The molecule has 0 atom stereocenters. The fourth-order valence-corrected chi connectivity index (χ4v) is 1.34. The number of carbonyl (C=O) groups excluding carboxylic acids is 1. The summed E-state index contributed by atoms with van der Waals surface area (Å²) in [7, 11) is 0. The van der Waals surface area contributed by atoms with Crippen molar-refractivity contribution in [2.45, 2.75) is 13.3 Å². The average Bonchev–Trinajstić information content (AvgIpc) is 2.08. The summed E-state index contributed by atoms with van der Waals surface area (Å²) in [5.41, 5.74) is -0.679.